The van der Waals surface area contributed by atoms with Crippen molar-refractivity contribution in [1.82, 2.24) is 15.1 Å². The molecule has 1 aliphatic heterocycles. The van der Waals surface area contributed by atoms with Crippen molar-refractivity contribution in [2.45, 2.75) is 25.4 Å². The Morgan fingerprint density at radius 1 is 1.41 bits per heavy atom. The minimum Gasteiger partial charge on any atom is -0.290 e. The zero-order valence-corrected chi connectivity index (χ0v) is 11.9. The van der Waals surface area contributed by atoms with Gasteiger partial charge in [-0.25, -0.2) is 9.49 Å². The van der Waals surface area contributed by atoms with E-state index in [0.29, 0.717) is 17.7 Å². The highest BCUT2D eigenvalue weighted by Gasteiger charge is 2.27. The van der Waals surface area contributed by atoms with Gasteiger partial charge in [0.05, 0.1) is 23.4 Å². The second kappa shape index (κ2) is 6.08. The molecule has 1 fully saturated rings. The lowest BCUT2D eigenvalue weighted by Crippen LogP contribution is -2.25. The molecular weight excluding hydrogens is 283 g/mol. The van der Waals surface area contributed by atoms with Gasteiger partial charge in [0.1, 0.15) is 5.82 Å². The molecule has 2 aromatic rings. The lowest BCUT2D eigenvalue weighted by molar-refractivity contribution is 0.240. The molecule has 0 spiro atoms. The third kappa shape index (κ3) is 2.90. The largest absolute Gasteiger partial charge is 0.290 e. The van der Waals surface area contributed by atoms with E-state index < -0.39 is 0 Å². The summed E-state index contributed by atoms with van der Waals surface area (Å²) in [6.07, 6.45) is 1.93. The van der Waals surface area contributed by atoms with E-state index in [1.165, 1.54) is 12.1 Å². The molecule has 2 heterocycles. The number of nitrogens with zero attached hydrogens (tertiary/aromatic N) is 3. The Bertz CT molecular complexity index is 760. The van der Waals surface area contributed by atoms with Gasteiger partial charge >= 0.3 is 0 Å². The van der Waals surface area contributed by atoms with E-state index >= 15 is 0 Å². The van der Waals surface area contributed by atoms with E-state index in [1.807, 2.05) is 6.07 Å². The van der Waals surface area contributed by atoms with E-state index in [1.54, 1.807) is 18.2 Å². The maximum atomic E-state index is 14.0. The Balaban J connectivity index is 1.81. The predicted molar refractivity (Wildman–Crippen MR) is 78.4 cm³/mol. The molecule has 6 heteroatoms. The molecule has 1 atom stereocenters. The zero-order chi connectivity index (χ0) is 15.5. The van der Waals surface area contributed by atoms with Crippen molar-refractivity contribution in [3.63, 3.8) is 0 Å². The second-order valence-electron chi connectivity index (χ2n) is 5.39. The van der Waals surface area contributed by atoms with Crippen LogP contribution in [0.1, 0.15) is 35.7 Å². The number of likely N-dealkylation sites (tertiary alicyclic amines) is 1. The Hall–Kier alpha value is -2.52. The summed E-state index contributed by atoms with van der Waals surface area (Å²) in [5.41, 5.74) is 1.45. The van der Waals surface area contributed by atoms with Crippen molar-refractivity contribution in [1.29, 1.82) is 5.26 Å². The summed E-state index contributed by atoms with van der Waals surface area (Å²) in [4.78, 5) is 13.3. The number of aromatic nitrogens is 2. The van der Waals surface area contributed by atoms with Crippen molar-refractivity contribution in [2.24, 2.45) is 0 Å². The highest BCUT2D eigenvalue weighted by molar-refractivity contribution is 5.33. The molecule has 1 N–H and O–H groups in total. The standard InChI is InChI=1S/C16H15FN4O/c17-13-8-11(9-18)3-4-12(13)10-21-7-1-2-15(21)14-5-6-16(22)20-19-14/h3-6,8,15H,1-2,7,10H2,(H,20,22). The molecule has 1 aliphatic rings. The van der Waals surface area contributed by atoms with E-state index in [9.17, 15) is 9.18 Å². The third-order valence-electron chi connectivity index (χ3n) is 3.96. The first-order valence-electron chi connectivity index (χ1n) is 7.15. The Morgan fingerprint density at radius 3 is 2.95 bits per heavy atom. The Morgan fingerprint density at radius 2 is 2.27 bits per heavy atom. The van der Waals surface area contributed by atoms with Crippen LogP contribution in [0.2, 0.25) is 0 Å². The van der Waals surface area contributed by atoms with Gasteiger partial charge in [-0.15, -0.1) is 0 Å². The molecule has 1 aromatic heterocycles. The van der Waals surface area contributed by atoms with Crippen LogP contribution < -0.4 is 5.56 Å². The molecule has 0 saturated carbocycles. The van der Waals surface area contributed by atoms with E-state index in [4.69, 9.17) is 5.26 Å². The number of rotatable bonds is 3. The first-order valence-corrected chi connectivity index (χ1v) is 7.15. The first kappa shape index (κ1) is 14.4. The van der Waals surface area contributed by atoms with Gasteiger partial charge in [-0.05, 0) is 37.6 Å². The van der Waals surface area contributed by atoms with Crippen LogP contribution in [0, 0.1) is 17.1 Å². The highest BCUT2D eigenvalue weighted by atomic mass is 19.1. The molecule has 22 heavy (non-hydrogen) atoms. The van der Waals surface area contributed by atoms with E-state index in [0.717, 1.165) is 25.1 Å². The minimum atomic E-state index is -0.362. The number of aromatic amines is 1. The summed E-state index contributed by atoms with van der Waals surface area (Å²) >= 11 is 0. The summed E-state index contributed by atoms with van der Waals surface area (Å²) < 4.78 is 14.0. The van der Waals surface area contributed by atoms with Crippen LogP contribution >= 0.6 is 0 Å². The fourth-order valence-corrected chi connectivity index (χ4v) is 2.86. The fraction of sp³-hybridized carbons (Fsp3) is 0.312. The average molecular weight is 298 g/mol. The van der Waals surface area contributed by atoms with Gasteiger partial charge in [-0.3, -0.25) is 9.69 Å². The molecule has 1 saturated heterocycles. The molecule has 0 aliphatic carbocycles. The minimum absolute atomic E-state index is 0.0758. The van der Waals surface area contributed by atoms with Crippen molar-refractivity contribution >= 4 is 0 Å². The van der Waals surface area contributed by atoms with Crippen molar-refractivity contribution in [2.75, 3.05) is 6.54 Å². The van der Waals surface area contributed by atoms with Gasteiger partial charge in [0.15, 0.2) is 0 Å². The lowest BCUT2D eigenvalue weighted by atomic mass is 10.1. The van der Waals surface area contributed by atoms with Crippen molar-refractivity contribution < 1.29 is 4.39 Å². The SMILES string of the molecule is N#Cc1ccc(CN2CCCC2c2ccc(=O)[nH]n2)c(F)c1. The van der Waals surface area contributed by atoms with Crippen LogP contribution in [-0.4, -0.2) is 21.6 Å². The molecule has 112 valence electrons. The third-order valence-corrected chi connectivity index (χ3v) is 3.96. The van der Waals surface area contributed by atoms with Gasteiger partial charge in [0, 0.05) is 18.2 Å². The first-order chi connectivity index (χ1) is 10.7. The molecule has 0 amide bonds. The summed E-state index contributed by atoms with van der Waals surface area (Å²) in [6, 6.07) is 9.73. The fourth-order valence-electron chi connectivity index (χ4n) is 2.86. The van der Waals surface area contributed by atoms with Gasteiger partial charge in [0.25, 0.3) is 5.56 Å². The lowest BCUT2D eigenvalue weighted by Gasteiger charge is -2.24. The van der Waals surface area contributed by atoms with E-state index in [2.05, 4.69) is 15.1 Å². The topological polar surface area (TPSA) is 72.8 Å². The summed E-state index contributed by atoms with van der Waals surface area (Å²) in [6.45, 7) is 1.31. The maximum Gasteiger partial charge on any atom is 0.264 e. The van der Waals surface area contributed by atoms with Crippen LogP contribution in [-0.2, 0) is 6.54 Å². The van der Waals surface area contributed by atoms with Crippen LogP contribution in [0.4, 0.5) is 4.39 Å². The number of hydrogen-bond donors (Lipinski definition) is 1. The van der Waals surface area contributed by atoms with Gasteiger partial charge in [-0.1, -0.05) is 6.07 Å². The molecule has 3 rings (SSSR count). The van der Waals surface area contributed by atoms with Crippen LogP contribution in [0.3, 0.4) is 0 Å². The smallest absolute Gasteiger partial charge is 0.264 e. The summed E-state index contributed by atoms with van der Waals surface area (Å²) in [5.74, 6) is -0.362. The Kier molecular flexibility index (Phi) is 3.98. The quantitative estimate of drug-likeness (QED) is 0.942. The molecule has 0 radical (unpaired) electrons. The second-order valence-corrected chi connectivity index (χ2v) is 5.39. The van der Waals surface area contributed by atoms with Gasteiger partial charge in [-0.2, -0.15) is 10.4 Å². The highest BCUT2D eigenvalue weighted by Crippen LogP contribution is 2.31. The van der Waals surface area contributed by atoms with E-state index in [-0.39, 0.29) is 17.4 Å². The molecular formula is C16H15FN4O. The molecule has 1 unspecified atom stereocenters. The zero-order valence-electron chi connectivity index (χ0n) is 11.9. The number of nitrogens with one attached hydrogen (secondary N) is 1. The molecule has 0 bridgehead atoms. The predicted octanol–water partition coefficient (Wildman–Crippen LogP) is 2.12. The molecule has 1 aromatic carbocycles. The normalized spacial score (nSPS) is 18.3. The maximum absolute atomic E-state index is 14.0. The average Bonchev–Trinajstić information content (AvgIpc) is 2.98. The van der Waals surface area contributed by atoms with Crippen molar-refractivity contribution in [3.05, 3.63) is 63.3 Å². The number of halogens is 1. The van der Waals surface area contributed by atoms with Gasteiger partial charge in [0.2, 0.25) is 0 Å². The Labute approximate surface area is 127 Å². The number of hydrogen-bond acceptors (Lipinski definition) is 4. The van der Waals surface area contributed by atoms with Crippen LogP contribution in [0.25, 0.3) is 0 Å². The monoisotopic (exact) mass is 298 g/mol. The summed E-state index contributed by atoms with van der Waals surface area (Å²) in [7, 11) is 0. The number of benzene rings is 1. The van der Waals surface area contributed by atoms with Crippen LogP contribution in [0.5, 0.6) is 0 Å². The molecule has 5 nitrogen and oxygen atoms in total. The van der Waals surface area contributed by atoms with Crippen molar-refractivity contribution in [3.8, 4) is 6.07 Å². The van der Waals surface area contributed by atoms with Gasteiger partial charge < -0.3 is 0 Å². The number of nitriles is 1. The summed E-state index contributed by atoms with van der Waals surface area (Å²) in [5, 5.41) is 15.3. The van der Waals surface area contributed by atoms with Crippen LogP contribution in [0.15, 0.2) is 35.1 Å². The number of H-pyrrole nitrogens is 1.